The zero-order valence-corrected chi connectivity index (χ0v) is 19.2. The van der Waals surface area contributed by atoms with E-state index in [0.717, 1.165) is 49.8 Å². The fourth-order valence-electron chi connectivity index (χ4n) is 4.97. The molecular formula is C24H27F3N6O. The Kier molecular flexibility index (Phi) is 5.69. The van der Waals surface area contributed by atoms with Crippen LogP contribution in [0.25, 0.3) is 5.65 Å². The summed E-state index contributed by atoms with van der Waals surface area (Å²) < 4.78 is 41.1. The number of carbonyl (C=O) groups is 1. The Labute approximate surface area is 195 Å². The third-order valence-electron chi connectivity index (χ3n) is 6.71. The van der Waals surface area contributed by atoms with Gasteiger partial charge in [0, 0.05) is 37.5 Å². The molecule has 2 fully saturated rings. The fourth-order valence-corrected chi connectivity index (χ4v) is 4.97. The number of nitrogens with zero attached hydrogens (tertiary/aromatic N) is 6. The summed E-state index contributed by atoms with van der Waals surface area (Å²) in [6.07, 6.45) is 0.857. The van der Waals surface area contributed by atoms with Crippen LogP contribution in [0.3, 0.4) is 0 Å². The topological polar surface area (TPSA) is 66.6 Å². The summed E-state index contributed by atoms with van der Waals surface area (Å²) in [5, 5.41) is 4.70. The number of rotatable bonds is 3. The second-order valence-corrected chi connectivity index (χ2v) is 9.38. The van der Waals surface area contributed by atoms with Crippen LogP contribution in [0.15, 0.2) is 30.5 Å². The van der Waals surface area contributed by atoms with Crippen molar-refractivity contribution in [1.29, 1.82) is 0 Å². The molecule has 7 nitrogen and oxygen atoms in total. The summed E-state index contributed by atoms with van der Waals surface area (Å²) in [6.45, 7) is 6.64. The van der Waals surface area contributed by atoms with Gasteiger partial charge in [-0.2, -0.15) is 18.3 Å². The number of amides is 1. The van der Waals surface area contributed by atoms with Crippen LogP contribution in [0.5, 0.6) is 0 Å². The molecule has 10 heteroatoms. The number of alkyl halides is 3. The highest BCUT2D eigenvalue weighted by Crippen LogP contribution is 2.33. The summed E-state index contributed by atoms with van der Waals surface area (Å²) >= 11 is 0. The standard InChI is InChI=1S/C24H27F3N6O/c1-15-9-11-31(13-15)22-16(2)14-33-21(29-22)12-18(30-33)19-7-3-4-10-32(19)23(34)17-6-5-8-20(28-17)24(25,26)27/h5-6,8,12,14-15,19H,3-4,7,9-11,13H2,1-2H3/t15-,19-/m0/s1. The third-order valence-corrected chi connectivity index (χ3v) is 6.71. The Morgan fingerprint density at radius 1 is 1.12 bits per heavy atom. The highest BCUT2D eigenvalue weighted by molar-refractivity contribution is 5.92. The lowest BCUT2D eigenvalue weighted by molar-refractivity contribution is -0.141. The van der Waals surface area contributed by atoms with Gasteiger partial charge in [-0.1, -0.05) is 13.0 Å². The van der Waals surface area contributed by atoms with Gasteiger partial charge in [-0.05, 0) is 50.7 Å². The number of piperidine rings is 1. The van der Waals surface area contributed by atoms with Gasteiger partial charge in [0.25, 0.3) is 5.91 Å². The van der Waals surface area contributed by atoms with Gasteiger partial charge in [-0.15, -0.1) is 0 Å². The van der Waals surface area contributed by atoms with Crippen LogP contribution in [0.2, 0.25) is 0 Å². The van der Waals surface area contributed by atoms with Gasteiger partial charge in [-0.25, -0.2) is 14.5 Å². The Balaban J connectivity index is 1.46. The van der Waals surface area contributed by atoms with E-state index in [4.69, 9.17) is 10.1 Å². The predicted molar refractivity (Wildman–Crippen MR) is 121 cm³/mol. The molecule has 0 aliphatic carbocycles. The lowest BCUT2D eigenvalue weighted by Crippen LogP contribution is -2.39. The summed E-state index contributed by atoms with van der Waals surface area (Å²) in [6, 6.07) is 4.98. The maximum absolute atomic E-state index is 13.2. The van der Waals surface area contributed by atoms with Crippen LogP contribution in [0, 0.1) is 12.8 Å². The number of halogens is 3. The molecule has 3 aromatic heterocycles. The minimum absolute atomic E-state index is 0.204. The number of pyridine rings is 1. The third kappa shape index (κ3) is 4.21. The molecule has 2 aliphatic heterocycles. The number of fused-ring (bicyclic) bond motifs is 1. The quantitative estimate of drug-likeness (QED) is 0.555. The molecule has 1 amide bonds. The SMILES string of the molecule is Cc1cn2nc([C@@H]3CCCCN3C(=O)c3cccc(C(F)(F)F)n3)cc2nc1N1CC[C@H](C)C1. The van der Waals surface area contributed by atoms with Crippen molar-refractivity contribution in [1.82, 2.24) is 24.5 Å². The summed E-state index contributed by atoms with van der Waals surface area (Å²) in [5.41, 5.74) is 1.15. The van der Waals surface area contributed by atoms with E-state index in [9.17, 15) is 18.0 Å². The molecule has 2 atom stereocenters. The molecule has 0 radical (unpaired) electrons. The Hall–Kier alpha value is -3.17. The van der Waals surface area contributed by atoms with Gasteiger partial charge >= 0.3 is 6.18 Å². The summed E-state index contributed by atoms with van der Waals surface area (Å²) in [7, 11) is 0. The molecular weight excluding hydrogens is 445 g/mol. The van der Waals surface area contributed by atoms with Crippen LogP contribution in [0.4, 0.5) is 19.0 Å². The van der Waals surface area contributed by atoms with Gasteiger partial charge in [0.05, 0.1) is 11.7 Å². The predicted octanol–water partition coefficient (Wildman–Crippen LogP) is 4.67. The van der Waals surface area contributed by atoms with Crippen LogP contribution >= 0.6 is 0 Å². The summed E-state index contributed by atoms with van der Waals surface area (Å²) in [5.74, 6) is 1.07. The zero-order valence-electron chi connectivity index (χ0n) is 19.2. The Morgan fingerprint density at radius 3 is 2.68 bits per heavy atom. The molecule has 3 aromatic rings. The second-order valence-electron chi connectivity index (χ2n) is 9.38. The number of aryl methyl sites for hydroxylation is 1. The number of anilines is 1. The maximum atomic E-state index is 13.2. The molecule has 0 N–H and O–H groups in total. The maximum Gasteiger partial charge on any atom is 0.433 e. The van der Waals surface area contributed by atoms with Crippen molar-refractivity contribution in [2.24, 2.45) is 5.92 Å². The van der Waals surface area contributed by atoms with E-state index in [0.29, 0.717) is 30.2 Å². The van der Waals surface area contributed by atoms with Crippen molar-refractivity contribution >= 4 is 17.4 Å². The van der Waals surface area contributed by atoms with Crippen molar-refractivity contribution in [3.8, 4) is 0 Å². The van der Waals surface area contributed by atoms with Gasteiger partial charge < -0.3 is 9.80 Å². The minimum atomic E-state index is -4.60. The molecule has 0 aromatic carbocycles. The molecule has 0 spiro atoms. The molecule has 2 saturated heterocycles. The smallest absolute Gasteiger partial charge is 0.356 e. The Bertz CT molecular complexity index is 1220. The van der Waals surface area contributed by atoms with Crippen molar-refractivity contribution in [3.63, 3.8) is 0 Å². The van der Waals surface area contributed by atoms with Crippen LogP contribution in [-0.2, 0) is 6.18 Å². The largest absolute Gasteiger partial charge is 0.433 e. The van der Waals surface area contributed by atoms with Crippen molar-refractivity contribution in [3.05, 3.63) is 53.1 Å². The van der Waals surface area contributed by atoms with E-state index >= 15 is 0 Å². The molecule has 5 rings (SSSR count). The van der Waals surface area contributed by atoms with E-state index in [1.807, 2.05) is 19.2 Å². The van der Waals surface area contributed by atoms with Gasteiger partial charge in [0.2, 0.25) is 0 Å². The van der Waals surface area contributed by atoms with E-state index in [1.165, 1.54) is 12.1 Å². The van der Waals surface area contributed by atoms with Gasteiger partial charge in [0.1, 0.15) is 17.2 Å². The first-order valence-electron chi connectivity index (χ1n) is 11.7. The molecule has 0 bridgehead atoms. The average Bonchev–Trinajstić information content (AvgIpc) is 3.43. The first-order chi connectivity index (χ1) is 16.2. The van der Waals surface area contributed by atoms with Crippen molar-refractivity contribution < 1.29 is 18.0 Å². The molecule has 2 aliphatic rings. The fraction of sp³-hybridized carbons (Fsp3) is 0.500. The highest BCUT2D eigenvalue weighted by Gasteiger charge is 2.35. The first kappa shape index (κ1) is 22.6. The molecule has 34 heavy (non-hydrogen) atoms. The number of likely N-dealkylation sites (tertiary alicyclic amines) is 1. The van der Waals surface area contributed by atoms with E-state index in [-0.39, 0.29) is 11.7 Å². The average molecular weight is 473 g/mol. The molecule has 180 valence electrons. The van der Waals surface area contributed by atoms with Gasteiger partial charge in [-0.3, -0.25) is 4.79 Å². The van der Waals surface area contributed by atoms with Crippen LogP contribution in [-0.4, -0.2) is 50.0 Å². The number of hydrogen-bond acceptors (Lipinski definition) is 5. The second kappa shape index (κ2) is 8.56. The normalized spacial score (nSPS) is 21.4. The van der Waals surface area contributed by atoms with Crippen molar-refractivity contribution in [2.45, 2.75) is 51.7 Å². The number of aromatic nitrogens is 4. The first-order valence-corrected chi connectivity index (χ1v) is 11.7. The van der Waals surface area contributed by atoms with Crippen LogP contribution in [0.1, 0.15) is 66.1 Å². The highest BCUT2D eigenvalue weighted by atomic mass is 19.4. The number of hydrogen-bond donors (Lipinski definition) is 0. The Morgan fingerprint density at radius 2 is 1.94 bits per heavy atom. The van der Waals surface area contributed by atoms with E-state index in [2.05, 4.69) is 16.8 Å². The van der Waals surface area contributed by atoms with Crippen LogP contribution < -0.4 is 4.90 Å². The lowest BCUT2D eigenvalue weighted by Gasteiger charge is -2.34. The van der Waals surface area contributed by atoms with Gasteiger partial charge in [0.15, 0.2) is 5.65 Å². The lowest BCUT2D eigenvalue weighted by atomic mass is 9.99. The molecule has 0 saturated carbocycles. The molecule has 5 heterocycles. The summed E-state index contributed by atoms with van der Waals surface area (Å²) in [4.78, 5) is 25.6. The van der Waals surface area contributed by atoms with Crippen molar-refractivity contribution in [2.75, 3.05) is 24.5 Å². The number of carbonyl (C=O) groups excluding carboxylic acids is 1. The zero-order chi connectivity index (χ0) is 24.0. The monoisotopic (exact) mass is 472 g/mol. The van der Waals surface area contributed by atoms with E-state index in [1.54, 1.807) is 9.42 Å². The van der Waals surface area contributed by atoms with E-state index < -0.39 is 17.8 Å². The molecule has 0 unspecified atom stereocenters. The minimum Gasteiger partial charge on any atom is -0.356 e.